The maximum atomic E-state index is 12.9. The molecule has 9 heteroatoms. The Morgan fingerprint density at radius 3 is 2.18 bits per heavy atom. The SMILES string of the molecule is Cc1ccc(NS(=O)(=O)c2ccc(C(=O)OCC(=O)NCCc3ccc(F)cc3)cc2)cc1. The third kappa shape index (κ3) is 7.15. The van der Waals surface area contributed by atoms with E-state index in [2.05, 4.69) is 10.0 Å². The molecule has 0 aromatic heterocycles. The number of rotatable bonds is 9. The van der Waals surface area contributed by atoms with Crippen LogP contribution in [-0.2, 0) is 26.0 Å². The minimum Gasteiger partial charge on any atom is -0.452 e. The van der Waals surface area contributed by atoms with Crippen LogP contribution in [0.3, 0.4) is 0 Å². The van der Waals surface area contributed by atoms with Crippen LogP contribution in [-0.4, -0.2) is 33.4 Å². The Hall–Kier alpha value is -3.72. The molecule has 172 valence electrons. The zero-order chi connectivity index (χ0) is 23.8. The molecule has 0 spiro atoms. The fraction of sp³-hybridized carbons (Fsp3) is 0.167. The van der Waals surface area contributed by atoms with Gasteiger partial charge in [0.05, 0.1) is 10.5 Å². The molecule has 2 N–H and O–H groups in total. The fourth-order valence-electron chi connectivity index (χ4n) is 2.87. The number of nitrogens with one attached hydrogen (secondary N) is 2. The molecule has 3 aromatic rings. The smallest absolute Gasteiger partial charge is 0.338 e. The van der Waals surface area contributed by atoms with Crippen molar-refractivity contribution in [3.05, 3.63) is 95.3 Å². The Kier molecular flexibility index (Phi) is 7.78. The van der Waals surface area contributed by atoms with E-state index >= 15 is 0 Å². The molecule has 1 amide bonds. The van der Waals surface area contributed by atoms with Gasteiger partial charge in [0, 0.05) is 12.2 Å². The number of ether oxygens (including phenoxy) is 1. The van der Waals surface area contributed by atoms with Crippen LogP contribution in [0.25, 0.3) is 0 Å². The number of hydrogen-bond acceptors (Lipinski definition) is 5. The van der Waals surface area contributed by atoms with E-state index in [4.69, 9.17) is 4.74 Å². The monoisotopic (exact) mass is 470 g/mol. The van der Waals surface area contributed by atoms with E-state index in [0.29, 0.717) is 18.7 Å². The summed E-state index contributed by atoms with van der Waals surface area (Å²) >= 11 is 0. The normalized spacial score (nSPS) is 11.0. The molecule has 7 nitrogen and oxygen atoms in total. The third-order valence-electron chi connectivity index (χ3n) is 4.69. The second-order valence-electron chi connectivity index (χ2n) is 7.30. The van der Waals surface area contributed by atoms with Crippen molar-refractivity contribution < 1.29 is 27.1 Å². The van der Waals surface area contributed by atoms with Gasteiger partial charge in [-0.15, -0.1) is 0 Å². The molecule has 0 heterocycles. The summed E-state index contributed by atoms with van der Waals surface area (Å²) in [4.78, 5) is 24.0. The first-order chi connectivity index (χ1) is 15.7. The number of carbonyl (C=O) groups excluding carboxylic acids is 2. The van der Waals surface area contributed by atoms with Crippen LogP contribution in [0.2, 0.25) is 0 Å². The van der Waals surface area contributed by atoms with Gasteiger partial charge < -0.3 is 10.1 Å². The lowest BCUT2D eigenvalue weighted by Gasteiger charge is -2.09. The summed E-state index contributed by atoms with van der Waals surface area (Å²) in [6.07, 6.45) is 0.506. The van der Waals surface area contributed by atoms with E-state index in [1.54, 1.807) is 36.4 Å². The minimum absolute atomic E-state index is 0.0156. The number of benzene rings is 3. The zero-order valence-corrected chi connectivity index (χ0v) is 18.7. The summed E-state index contributed by atoms with van der Waals surface area (Å²) in [6.45, 7) is 1.73. The average Bonchev–Trinajstić information content (AvgIpc) is 2.80. The minimum atomic E-state index is -3.82. The van der Waals surface area contributed by atoms with Crippen molar-refractivity contribution in [1.82, 2.24) is 5.32 Å². The number of aryl methyl sites for hydroxylation is 1. The molecule has 0 unspecified atom stereocenters. The average molecular weight is 471 g/mol. The van der Waals surface area contributed by atoms with Crippen LogP contribution in [0.5, 0.6) is 0 Å². The molecule has 3 rings (SSSR count). The van der Waals surface area contributed by atoms with Crippen molar-refractivity contribution in [3.63, 3.8) is 0 Å². The summed E-state index contributed by atoms with van der Waals surface area (Å²) < 4.78 is 45.3. The summed E-state index contributed by atoms with van der Waals surface area (Å²) in [5.74, 6) is -1.56. The van der Waals surface area contributed by atoms with Crippen molar-refractivity contribution >= 4 is 27.6 Å². The van der Waals surface area contributed by atoms with Crippen molar-refractivity contribution in [1.29, 1.82) is 0 Å². The fourth-order valence-corrected chi connectivity index (χ4v) is 3.93. The lowest BCUT2D eigenvalue weighted by atomic mass is 10.1. The van der Waals surface area contributed by atoms with Gasteiger partial charge in [-0.2, -0.15) is 0 Å². The summed E-state index contributed by atoms with van der Waals surface area (Å²) in [7, 11) is -3.82. The van der Waals surface area contributed by atoms with Crippen LogP contribution in [0.1, 0.15) is 21.5 Å². The van der Waals surface area contributed by atoms with E-state index in [0.717, 1.165) is 11.1 Å². The number of sulfonamides is 1. The quantitative estimate of drug-likeness (QED) is 0.467. The highest BCUT2D eigenvalue weighted by Gasteiger charge is 2.16. The topological polar surface area (TPSA) is 102 Å². The summed E-state index contributed by atoms with van der Waals surface area (Å²) in [5.41, 5.74) is 2.40. The highest BCUT2D eigenvalue weighted by Crippen LogP contribution is 2.17. The predicted molar refractivity (Wildman–Crippen MR) is 122 cm³/mol. The molecule has 3 aromatic carbocycles. The van der Waals surface area contributed by atoms with Crippen molar-refractivity contribution in [2.24, 2.45) is 0 Å². The lowest BCUT2D eigenvalue weighted by molar-refractivity contribution is -0.124. The number of esters is 1. The van der Waals surface area contributed by atoms with E-state index in [1.165, 1.54) is 36.4 Å². The Bertz CT molecular complexity index is 1210. The first kappa shape index (κ1) is 23.9. The van der Waals surface area contributed by atoms with E-state index in [9.17, 15) is 22.4 Å². The molecule has 0 bridgehead atoms. The molecule has 0 atom stereocenters. The predicted octanol–water partition coefficient (Wildman–Crippen LogP) is 3.45. The second kappa shape index (κ2) is 10.7. The van der Waals surface area contributed by atoms with Crippen LogP contribution < -0.4 is 10.0 Å². The molecule has 0 saturated heterocycles. The van der Waals surface area contributed by atoms with Crippen LogP contribution in [0, 0.1) is 12.7 Å². The largest absolute Gasteiger partial charge is 0.452 e. The first-order valence-corrected chi connectivity index (χ1v) is 11.6. The molecule has 0 aliphatic heterocycles. The van der Waals surface area contributed by atoms with Crippen LogP contribution in [0.4, 0.5) is 10.1 Å². The molecule has 0 aliphatic carbocycles. The molecular weight excluding hydrogens is 447 g/mol. The molecule has 0 aliphatic rings. The van der Waals surface area contributed by atoms with Gasteiger partial charge in [0.25, 0.3) is 15.9 Å². The number of hydrogen-bond donors (Lipinski definition) is 2. The number of halogens is 1. The lowest BCUT2D eigenvalue weighted by Crippen LogP contribution is -2.30. The third-order valence-corrected chi connectivity index (χ3v) is 6.08. The zero-order valence-electron chi connectivity index (χ0n) is 17.9. The van der Waals surface area contributed by atoms with Crippen LogP contribution in [0.15, 0.2) is 77.7 Å². The van der Waals surface area contributed by atoms with Crippen molar-refractivity contribution in [2.45, 2.75) is 18.2 Å². The van der Waals surface area contributed by atoms with Gasteiger partial charge in [0.15, 0.2) is 6.61 Å². The molecular formula is C24H23FN2O5S. The summed E-state index contributed by atoms with van der Waals surface area (Å²) in [5, 5.41) is 2.61. The molecule has 0 radical (unpaired) electrons. The van der Waals surface area contributed by atoms with Crippen molar-refractivity contribution in [2.75, 3.05) is 17.9 Å². The van der Waals surface area contributed by atoms with Gasteiger partial charge in [-0.1, -0.05) is 29.8 Å². The maximum Gasteiger partial charge on any atom is 0.338 e. The highest BCUT2D eigenvalue weighted by molar-refractivity contribution is 7.92. The van der Waals surface area contributed by atoms with Crippen LogP contribution >= 0.6 is 0 Å². The number of carbonyl (C=O) groups is 2. The summed E-state index contributed by atoms with van der Waals surface area (Å²) in [6, 6.07) is 18.0. The van der Waals surface area contributed by atoms with Gasteiger partial charge in [0.1, 0.15) is 5.82 Å². The highest BCUT2D eigenvalue weighted by atomic mass is 32.2. The number of amides is 1. The van der Waals surface area contributed by atoms with Gasteiger partial charge in [-0.25, -0.2) is 17.6 Å². The van der Waals surface area contributed by atoms with E-state index in [-0.39, 0.29) is 16.3 Å². The van der Waals surface area contributed by atoms with Crippen molar-refractivity contribution in [3.8, 4) is 0 Å². The molecule has 0 saturated carbocycles. The van der Waals surface area contributed by atoms with E-state index in [1.807, 2.05) is 6.92 Å². The van der Waals surface area contributed by atoms with E-state index < -0.39 is 28.5 Å². The van der Waals surface area contributed by atoms with Gasteiger partial charge in [-0.05, 0) is 67.4 Å². The Labute approximate surface area is 191 Å². The molecule has 33 heavy (non-hydrogen) atoms. The molecule has 0 fully saturated rings. The Morgan fingerprint density at radius 1 is 0.909 bits per heavy atom. The first-order valence-electron chi connectivity index (χ1n) is 10.1. The second-order valence-corrected chi connectivity index (χ2v) is 8.98. The Balaban J connectivity index is 1.47. The number of anilines is 1. The Morgan fingerprint density at radius 2 is 1.55 bits per heavy atom. The maximum absolute atomic E-state index is 12.9. The van der Waals surface area contributed by atoms with Gasteiger partial charge in [0.2, 0.25) is 0 Å². The van der Waals surface area contributed by atoms with Gasteiger partial charge >= 0.3 is 5.97 Å². The standard InChI is InChI=1S/C24H23FN2O5S/c1-17-2-10-21(11-3-17)27-33(30,31)22-12-6-19(7-13-22)24(29)32-16-23(28)26-15-14-18-4-8-20(25)9-5-18/h2-13,27H,14-16H2,1H3,(H,26,28). The van der Waals surface area contributed by atoms with Gasteiger partial charge in [-0.3, -0.25) is 9.52 Å².